The van der Waals surface area contributed by atoms with Crippen molar-refractivity contribution in [2.45, 2.75) is 32.2 Å². The molecule has 0 radical (unpaired) electrons. The number of carbonyl (C=O) groups is 2. The highest BCUT2D eigenvalue weighted by molar-refractivity contribution is 6.03. The number of Topliss-reactive ketones (excluding diaryl/α,β-unsaturated/α-hetero) is 2. The van der Waals surface area contributed by atoms with Crippen LogP contribution in [0.1, 0.15) is 36.5 Å². The quantitative estimate of drug-likeness (QED) is 0.627. The minimum atomic E-state index is -2.40. The lowest BCUT2D eigenvalue weighted by Crippen LogP contribution is -2.36. The number of aromatic nitrogens is 2. The van der Waals surface area contributed by atoms with Crippen molar-refractivity contribution >= 4 is 28.2 Å². The van der Waals surface area contributed by atoms with Gasteiger partial charge < -0.3 is 5.73 Å². The van der Waals surface area contributed by atoms with Crippen molar-refractivity contribution in [1.82, 2.24) is 9.55 Å². The number of benzene rings is 1. The van der Waals surface area contributed by atoms with Gasteiger partial charge in [0.2, 0.25) is 0 Å². The van der Waals surface area contributed by atoms with Gasteiger partial charge in [-0.2, -0.15) is 0 Å². The van der Waals surface area contributed by atoms with Crippen LogP contribution in [0.5, 0.6) is 0 Å². The second kappa shape index (κ2) is 4.80. The molecule has 0 spiro atoms. The summed E-state index contributed by atoms with van der Waals surface area (Å²) in [4.78, 5) is 41.2. The highest BCUT2D eigenvalue weighted by Gasteiger charge is 2.30. The first-order chi connectivity index (χ1) is 11.5. The summed E-state index contributed by atoms with van der Waals surface area (Å²) in [5.74, 6) is -1.75. The van der Waals surface area contributed by atoms with Crippen molar-refractivity contribution in [2.24, 2.45) is 0 Å². The van der Waals surface area contributed by atoms with Crippen molar-refractivity contribution in [2.75, 3.05) is 5.73 Å². The third-order valence-electron chi connectivity index (χ3n) is 3.39. The minimum Gasteiger partial charge on any atom is -0.398 e. The summed E-state index contributed by atoms with van der Waals surface area (Å²) < 4.78 is 32.5. The zero-order valence-corrected chi connectivity index (χ0v) is 11.3. The van der Waals surface area contributed by atoms with Crippen molar-refractivity contribution in [3.8, 4) is 0 Å². The molecule has 1 aliphatic carbocycles. The summed E-state index contributed by atoms with van der Waals surface area (Å²) in [6, 6.07) is 0.424. The first-order valence-corrected chi connectivity index (χ1v) is 6.34. The number of nitrogens with two attached hydrogens (primary N) is 1. The van der Waals surface area contributed by atoms with Gasteiger partial charge in [-0.3, -0.25) is 19.0 Å². The molecule has 21 heavy (non-hydrogen) atoms. The van der Waals surface area contributed by atoms with Gasteiger partial charge in [0.05, 0.1) is 26.1 Å². The number of aryl methyl sites for hydroxylation is 1. The van der Waals surface area contributed by atoms with Crippen molar-refractivity contribution in [1.29, 1.82) is 0 Å². The first-order valence-electron chi connectivity index (χ1n) is 8.34. The van der Waals surface area contributed by atoms with Crippen LogP contribution < -0.4 is 11.3 Å². The molecule has 108 valence electrons. The van der Waals surface area contributed by atoms with Crippen LogP contribution >= 0.6 is 0 Å². The second-order valence-corrected chi connectivity index (χ2v) is 4.77. The fraction of sp³-hybridized carbons (Fsp3) is 0.333. The smallest absolute Gasteiger partial charge is 0.264 e. The van der Waals surface area contributed by atoms with Crippen LogP contribution in [-0.4, -0.2) is 21.1 Å². The maximum Gasteiger partial charge on any atom is 0.264 e. The topological polar surface area (TPSA) is 95.0 Å². The molecule has 1 aromatic carbocycles. The van der Waals surface area contributed by atoms with Gasteiger partial charge in [-0.25, -0.2) is 4.98 Å². The van der Waals surface area contributed by atoms with E-state index in [4.69, 9.17) is 11.2 Å². The lowest BCUT2D eigenvalue weighted by Gasteiger charge is -2.24. The minimum absolute atomic E-state index is 0.0307. The zero-order valence-electron chi connectivity index (χ0n) is 15.3. The summed E-state index contributed by atoms with van der Waals surface area (Å²) in [6.07, 6.45) is -3.96. The molecule has 2 aromatic rings. The monoisotopic (exact) mass is 289 g/mol. The van der Waals surface area contributed by atoms with Crippen LogP contribution in [0.25, 0.3) is 10.9 Å². The number of nitrogens with zero attached hydrogens (tertiary/aromatic N) is 2. The second-order valence-electron chi connectivity index (χ2n) is 4.77. The fourth-order valence-electron chi connectivity index (χ4n) is 2.42. The van der Waals surface area contributed by atoms with E-state index in [1.54, 1.807) is 0 Å². The highest BCUT2D eigenvalue weighted by Crippen LogP contribution is 2.24. The molecule has 3 rings (SSSR count). The Kier molecular flexibility index (Phi) is 2.16. The van der Waals surface area contributed by atoms with E-state index in [9.17, 15) is 14.4 Å². The van der Waals surface area contributed by atoms with Crippen LogP contribution in [0.2, 0.25) is 0 Å². The molecule has 1 atom stereocenters. The standard InChI is InChI=1S/C15H15N3O3/c1-8-17-11-4-2-3-10(16)14(11)15(21)18(8)12-6-5-9(19)7-13(12)20/h2-4,12H,5-7,16H2,1H3/i3D,5D2,12D. The number of hydrogen-bond acceptors (Lipinski definition) is 5. The Morgan fingerprint density at radius 2 is 2.29 bits per heavy atom. The molecule has 1 heterocycles. The van der Waals surface area contributed by atoms with Gasteiger partial charge >= 0.3 is 0 Å². The zero-order chi connectivity index (χ0) is 18.7. The van der Waals surface area contributed by atoms with E-state index in [0.717, 1.165) is 4.57 Å². The SMILES string of the molecule is [2H]c1ccc2nc(C)n(C3([2H])CC([2H])([2H])C(=O)CC3=O)c(=O)c2c1N. The summed E-state index contributed by atoms with van der Waals surface area (Å²) in [5, 5.41) is -0.102. The number of nitrogen functional groups attached to an aromatic ring is 1. The third kappa shape index (κ3) is 2.12. The van der Waals surface area contributed by atoms with E-state index in [-0.39, 0.29) is 28.5 Å². The fourth-order valence-corrected chi connectivity index (χ4v) is 2.42. The van der Waals surface area contributed by atoms with Gasteiger partial charge in [-0.05, 0) is 25.5 Å². The van der Waals surface area contributed by atoms with Gasteiger partial charge in [0.1, 0.15) is 11.6 Å². The van der Waals surface area contributed by atoms with Crippen LogP contribution in [0, 0.1) is 6.92 Å². The molecule has 1 aromatic heterocycles. The number of anilines is 1. The molecule has 1 fully saturated rings. The van der Waals surface area contributed by atoms with Gasteiger partial charge in [-0.15, -0.1) is 0 Å². The van der Waals surface area contributed by atoms with Crippen LogP contribution in [-0.2, 0) is 9.59 Å². The Hall–Kier alpha value is -2.50. The number of hydrogen-bond donors (Lipinski definition) is 1. The van der Waals surface area contributed by atoms with Crippen molar-refractivity contribution < 1.29 is 15.1 Å². The number of carbonyl (C=O) groups excluding carboxylic acids is 2. The average Bonchev–Trinajstić information content (AvgIpc) is 2.48. The van der Waals surface area contributed by atoms with Gasteiger partial charge in [0.15, 0.2) is 5.78 Å². The molecule has 6 heteroatoms. The number of ketones is 2. The molecular formula is C15H15N3O3. The lowest BCUT2D eigenvalue weighted by molar-refractivity contribution is -0.132. The lowest BCUT2D eigenvalue weighted by atomic mass is 9.92. The molecule has 0 bridgehead atoms. The molecule has 0 amide bonds. The van der Waals surface area contributed by atoms with Crippen molar-refractivity contribution in [3.05, 3.63) is 34.4 Å². The van der Waals surface area contributed by atoms with Crippen LogP contribution in [0.3, 0.4) is 0 Å². The summed E-state index contributed by atoms with van der Waals surface area (Å²) in [6.45, 7) is 1.42. The molecule has 6 nitrogen and oxygen atoms in total. The van der Waals surface area contributed by atoms with E-state index in [1.165, 1.54) is 19.1 Å². The Labute approximate surface area is 126 Å². The highest BCUT2D eigenvalue weighted by atomic mass is 16.2. The van der Waals surface area contributed by atoms with E-state index >= 15 is 0 Å². The predicted octanol–water partition coefficient (Wildman–Crippen LogP) is 1.15. The van der Waals surface area contributed by atoms with E-state index < -0.39 is 42.4 Å². The van der Waals surface area contributed by atoms with Crippen molar-refractivity contribution in [3.63, 3.8) is 0 Å². The maximum atomic E-state index is 12.9. The molecule has 2 N–H and O–H groups in total. The average molecular weight is 289 g/mol. The van der Waals surface area contributed by atoms with Gasteiger partial charge in [0.25, 0.3) is 5.56 Å². The number of fused-ring (bicyclic) bond motifs is 1. The Morgan fingerprint density at radius 3 is 3.05 bits per heavy atom. The predicted molar refractivity (Wildman–Crippen MR) is 78.1 cm³/mol. The Bertz CT molecular complexity index is 1000. The third-order valence-corrected chi connectivity index (χ3v) is 3.39. The number of rotatable bonds is 1. The molecular weight excluding hydrogens is 270 g/mol. The van der Waals surface area contributed by atoms with Gasteiger partial charge in [-0.1, -0.05) is 6.07 Å². The molecule has 0 aliphatic heterocycles. The van der Waals surface area contributed by atoms with E-state index in [1.807, 2.05) is 0 Å². The van der Waals surface area contributed by atoms with E-state index in [2.05, 4.69) is 4.98 Å². The largest absolute Gasteiger partial charge is 0.398 e. The molecule has 1 saturated carbocycles. The Morgan fingerprint density at radius 1 is 1.52 bits per heavy atom. The van der Waals surface area contributed by atoms with Crippen LogP contribution in [0.15, 0.2) is 23.0 Å². The first kappa shape index (κ1) is 9.44. The summed E-state index contributed by atoms with van der Waals surface area (Å²) >= 11 is 0. The van der Waals surface area contributed by atoms with Gasteiger partial charge in [0, 0.05) is 14.8 Å². The Balaban J connectivity index is 2.35. The van der Waals surface area contributed by atoms with E-state index in [0.29, 0.717) is 0 Å². The molecule has 1 aliphatic rings. The summed E-state index contributed by atoms with van der Waals surface area (Å²) in [7, 11) is 0. The molecule has 0 saturated heterocycles. The summed E-state index contributed by atoms with van der Waals surface area (Å²) in [5.41, 5.74) is 5.09. The normalized spacial score (nSPS) is 27.9. The van der Waals surface area contributed by atoms with Crippen LogP contribution in [0.4, 0.5) is 5.69 Å². The molecule has 1 unspecified atom stereocenters. The maximum absolute atomic E-state index is 12.9.